The summed E-state index contributed by atoms with van der Waals surface area (Å²) in [4.78, 5) is 38.3. The minimum atomic E-state index is -0.777. The van der Waals surface area contributed by atoms with Crippen LogP contribution >= 0.6 is 0 Å². The molecule has 0 aromatic carbocycles. The van der Waals surface area contributed by atoms with E-state index in [1.807, 2.05) is 0 Å². The smallest absolute Gasteiger partial charge is 0.306 e. The summed E-state index contributed by atoms with van der Waals surface area (Å²) in [5.41, 5.74) is 0. The molecule has 80 heavy (non-hydrogen) atoms. The molecule has 0 bridgehead atoms. The maximum absolute atomic E-state index is 12.9. The first-order valence-electron chi connectivity index (χ1n) is 34.6. The van der Waals surface area contributed by atoms with Crippen LogP contribution < -0.4 is 0 Å². The van der Waals surface area contributed by atoms with E-state index in [-0.39, 0.29) is 31.1 Å². The van der Waals surface area contributed by atoms with E-state index in [4.69, 9.17) is 14.2 Å². The number of esters is 3. The molecular weight excluding hydrogens is 985 g/mol. The second kappa shape index (κ2) is 68.1. The Morgan fingerprint density at radius 2 is 0.487 bits per heavy atom. The molecule has 462 valence electrons. The van der Waals surface area contributed by atoms with Gasteiger partial charge >= 0.3 is 17.9 Å². The molecule has 6 heteroatoms. The molecule has 6 nitrogen and oxygen atoms in total. The molecule has 0 aromatic heterocycles. The van der Waals surface area contributed by atoms with Crippen LogP contribution in [0.15, 0.2) is 85.1 Å². The van der Waals surface area contributed by atoms with Gasteiger partial charge in [0.05, 0.1) is 0 Å². The van der Waals surface area contributed by atoms with Crippen LogP contribution in [0.1, 0.15) is 348 Å². The van der Waals surface area contributed by atoms with Crippen molar-refractivity contribution >= 4 is 17.9 Å². The molecule has 0 saturated carbocycles. The van der Waals surface area contributed by atoms with Crippen LogP contribution in [0.2, 0.25) is 0 Å². The van der Waals surface area contributed by atoms with Crippen molar-refractivity contribution < 1.29 is 28.6 Å². The van der Waals surface area contributed by atoms with Crippen LogP contribution in [0, 0.1) is 0 Å². The Bertz CT molecular complexity index is 1520. The Labute approximate surface area is 496 Å². The fraction of sp³-hybridized carbons (Fsp3) is 0.770. The summed E-state index contributed by atoms with van der Waals surface area (Å²) in [5.74, 6) is -0.864. The van der Waals surface area contributed by atoms with Crippen molar-refractivity contribution in [1.82, 2.24) is 0 Å². The van der Waals surface area contributed by atoms with Gasteiger partial charge in [-0.25, -0.2) is 0 Å². The highest BCUT2D eigenvalue weighted by molar-refractivity contribution is 5.71. The second-order valence-corrected chi connectivity index (χ2v) is 23.1. The van der Waals surface area contributed by atoms with Crippen molar-refractivity contribution in [2.75, 3.05) is 13.2 Å². The van der Waals surface area contributed by atoms with E-state index in [1.165, 1.54) is 205 Å². The molecule has 0 aromatic rings. The van der Waals surface area contributed by atoms with Crippen LogP contribution in [0.25, 0.3) is 0 Å². The van der Waals surface area contributed by atoms with E-state index in [1.54, 1.807) is 0 Å². The van der Waals surface area contributed by atoms with Crippen LogP contribution in [-0.2, 0) is 28.6 Å². The third-order valence-corrected chi connectivity index (χ3v) is 15.1. The van der Waals surface area contributed by atoms with Crippen molar-refractivity contribution in [3.8, 4) is 0 Å². The summed E-state index contributed by atoms with van der Waals surface area (Å²) in [6.07, 6.45) is 90.3. The average Bonchev–Trinajstić information content (AvgIpc) is 3.46. The minimum Gasteiger partial charge on any atom is -0.462 e. The van der Waals surface area contributed by atoms with Crippen molar-refractivity contribution in [3.63, 3.8) is 0 Å². The van der Waals surface area contributed by atoms with Crippen LogP contribution in [-0.4, -0.2) is 37.2 Å². The van der Waals surface area contributed by atoms with Gasteiger partial charge in [-0.1, -0.05) is 318 Å². The first kappa shape index (κ1) is 76.6. The fourth-order valence-electron chi connectivity index (χ4n) is 9.97. The normalized spacial score (nSPS) is 12.6. The van der Waals surface area contributed by atoms with Crippen LogP contribution in [0.4, 0.5) is 0 Å². The number of rotatable bonds is 63. The number of carbonyl (C=O) groups is 3. The number of hydrogen-bond donors (Lipinski definition) is 0. The first-order chi connectivity index (χ1) is 39.5. The third-order valence-electron chi connectivity index (χ3n) is 15.1. The zero-order valence-corrected chi connectivity index (χ0v) is 53.1. The molecule has 0 aliphatic heterocycles. The van der Waals surface area contributed by atoms with Gasteiger partial charge in [0.25, 0.3) is 0 Å². The zero-order chi connectivity index (χ0) is 57.8. The fourth-order valence-corrected chi connectivity index (χ4v) is 9.97. The Morgan fingerprint density at radius 3 is 0.775 bits per heavy atom. The first-order valence-corrected chi connectivity index (χ1v) is 34.6. The van der Waals surface area contributed by atoms with Gasteiger partial charge in [-0.15, -0.1) is 0 Å². The maximum Gasteiger partial charge on any atom is 0.306 e. The van der Waals surface area contributed by atoms with Crippen LogP contribution in [0.5, 0.6) is 0 Å². The highest BCUT2D eigenvalue weighted by Crippen LogP contribution is 2.17. The molecule has 0 aliphatic rings. The molecule has 0 fully saturated rings. The number of hydrogen-bond acceptors (Lipinski definition) is 6. The SMILES string of the molecule is CC/C=C\C/C=C\C/C=C\C/C=C\C/C=C\C/C=C\CCCCCCCCCCCCCCCCC(=O)OCC(COC(=O)CCCCCCC/C=C\CCCCCCC)OC(=O)CCCCCCCCCCCCCCCCC. The molecule has 0 heterocycles. The predicted octanol–water partition coefficient (Wildman–Crippen LogP) is 23.8. The summed E-state index contributed by atoms with van der Waals surface area (Å²) >= 11 is 0. The van der Waals surface area contributed by atoms with Gasteiger partial charge in [0.15, 0.2) is 6.10 Å². The van der Waals surface area contributed by atoms with Gasteiger partial charge in [0.2, 0.25) is 0 Å². The molecule has 0 rings (SSSR count). The van der Waals surface area contributed by atoms with Crippen LogP contribution in [0.3, 0.4) is 0 Å². The molecule has 0 saturated heterocycles. The summed E-state index contributed by atoms with van der Waals surface area (Å²) in [6.45, 7) is 6.55. The molecule has 0 amide bonds. The second-order valence-electron chi connectivity index (χ2n) is 23.1. The highest BCUT2D eigenvalue weighted by atomic mass is 16.6. The van der Waals surface area contributed by atoms with Gasteiger partial charge in [0.1, 0.15) is 13.2 Å². The Kier molecular flexibility index (Phi) is 65.2. The average molecular weight is 1120 g/mol. The highest BCUT2D eigenvalue weighted by Gasteiger charge is 2.19. The Hall–Kier alpha value is -3.41. The summed E-state index contributed by atoms with van der Waals surface area (Å²) in [5, 5.41) is 0. The van der Waals surface area contributed by atoms with E-state index in [0.29, 0.717) is 19.3 Å². The minimum absolute atomic E-state index is 0.0743. The molecule has 0 spiro atoms. The topological polar surface area (TPSA) is 78.9 Å². The van der Waals surface area contributed by atoms with Crippen molar-refractivity contribution in [2.45, 2.75) is 354 Å². The van der Waals surface area contributed by atoms with Gasteiger partial charge in [-0.2, -0.15) is 0 Å². The lowest BCUT2D eigenvalue weighted by molar-refractivity contribution is -0.167. The molecule has 1 atom stereocenters. The summed E-state index contributed by atoms with van der Waals surface area (Å²) in [6, 6.07) is 0. The number of carbonyl (C=O) groups excluding carboxylic acids is 3. The standard InChI is InChI=1S/C74H130O6/c1-4-7-10-13-16-19-22-25-28-29-30-31-32-33-34-35-36-37-38-39-40-41-42-43-44-45-47-49-52-55-58-61-64-67-73(76)79-70-71(69-78-72(75)66-63-60-57-54-51-48-27-24-21-18-15-12-9-6-3)80-74(77)68-65-62-59-56-53-50-46-26-23-20-17-14-11-8-5-2/h7,10,16,19,24-25,27-28,30-31,33-34,36-37,71H,4-6,8-9,11-15,17-18,20-23,26,29,32,35,38-70H2,1-3H3/b10-7-,19-16-,27-24-,28-25-,31-30-,34-33-,37-36-. The molecule has 1 unspecified atom stereocenters. The number of unbranched alkanes of at least 4 members (excludes halogenated alkanes) is 38. The number of ether oxygens (including phenoxy) is 3. The van der Waals surface area contributed by atoms with Gasteiger partial charge in [-0.05, 0) is 96.3 Å². The zero-order valence-electron chi connectivity index (χ0n) is 53.1. The van der Waals surface area contributed by atoms with Gasteiger partial charge in [0, 0.05) is 19.3 Å². The van der Waals surface area contributed by atoms with E-state index < -0.39 is 6.10 Å². The maximum atomic E-state index is 12.9. The van der Waals surface area contributed by atoms with E-state index in [9.17, 15) is 14.4 Å². The van der Waals surface area contributed by atoms with Crippen molar-refractivity contribution in [1.29, 1.82) is 0 Å². The number of allylic oxidation sites excluding steroid dienone is 14. The lowest BCUT2D eigenvalue weighted by atomic mass is 10.0. The van der Waals surface area contributed by atoms with E-state index in [0.717, 1.165) is 103 Å². The van der Waals surface area contributed by atoms with Crippen molar-refractivity contribution in [3.05, 3.63) is 85.1 Å². The molecule has 0 aliphatic carbocycles. The third kappa shape index (κ3) is 65.4. The molecule has 0 radical (unpaired) electrons. The van der Waals surface area contributed by atoms with E-state index in [2.05, 4.69) is 106 Å². The molecular formula is C74H130O6. The lowest BCUT2D eigenvalue weighted by Crippen LogP contribution is -2.30. The summed E-state index contributed by atoms with van der Waals surface area (Å²) in [7, 11) is 0. The van der Waals surface area contributed by atoms with Gasteiger partial charge in [-0.3, -0.25) is 14.4 Å². The molecule has 0 N–H and O–H groups in total. The summed E-state index contributed by atoms with van der Waals surface area (Å²) < 4.78 is 17.0. The lowest BCUT2D eigenvalue weighted by Gasteiger charge is -2.18. The Balaban J connectivity index is 4.18. The quantitative estimate of drug-likeness (QED) is 0.0261. The van der Waals surface area contributed by atoms with Gasteiger partial charge < -0.3 is 14.2 Å². The Morgan fingerprint density at radius 1 is 0.263 bits per heavy atom. The monoisotopic (exact) mass is 1110 g/mol. The predicted molar refractivity (Wildman–Crippen MR) is 348 cm³/mol. The van der Waals surface area contributed by atoms with E-state index >= 15 is 0 Å². The largest absolute Gasteiger partial charge is 0.462 e. The van der Waals surface area contributed by atoms with Crippen molar-refractivity contribution in [2.24, 2.45) is 0 Å².